The Morgan fingerprint density at radius 3 is 2.32 bits per heavy atom. The van der Waals surface area contributed by atoms with E-state index in [0.29, 0.717) is 25.7 Å². The smallest absolute Gasteiger partial charge is 0.407 e. The molecule has 1 aliphatic carbocycles. The van der Waals surface area contributed by atoms with Crippen LogP contribution >= 0.6 is 0 Å². The van der Waals surface area contributed by atoms with E-state index >= 15 is 0 Å². The predicted octanol–water partition coefficient (Wildman–Crippen LogP) is 1.66. The molecule has 0 radical (unpaired) electrons. The molecule has 0 aromatic heterocycles. The van der Waals surface area contributed by atoms with Crippen LogP contribution in [-0.4, -0.2) is 61.4 Å². The predicted molar refractivity (Wildman–Crippen MR) is 93.7 cm³/mol. The molecule has 2 N–H and O–H groups in total. The summed E-state index contributed by atoms with van der Waals surface area (Å²) >= 11 is 0. The maximum Gasteiger partial charge on any atom is 0.407 e. The van der Waals surface area contributed by atoms with E-state index in [1.807, 2.05) is 0 Å². The first-order chi connectivity index (χ1) is 11.3. The Balaban J connectivity index is 2.80. The molecule has 146 valence electrons. The highest BCUT2D eigenvalue weighted by atomic mass is 32.2. The van der Waals surface area contributed by atoms with Crippen LogP contribution in [0.1, 0.15) is 46.5 Å². The maximum atomic E-state index is 12.1. The van der Waals surface area contributed by atoms with E-state index in [4.69, 9.17) is 9.29 Å². The minimum atomic E-state index is -4.15. The van der Waals surface area contributed by atoms with E-state index in [0.717, 1.165) is 0 Å². The Bertz CT molecular complexity index is 582. The molecule has 1 aliphatic rings. The van der Waals surface area contributed by atoms with Gasteiger partial charge in [-0.1, -0.05) is 0 Å². The number of nitrogens with zero attached hydrogens (tertiary/aromatic N) is 1. The van der Waals surface area contributed by atoms with Gasteiger partial charge in [0.05, 0.1) is 5.75 Å². The summed E-state index contributed by atoms with van der Waals surface area (Å²) in [4.78, 5) is 25.5. The molecule has 25 heavy (non-hydrogen) atoms. The van der Waals surface area contributed by atoms with Crippen LogP contribution in [0.3, 0.4) is 0 Å². The van der Waals surface area contributed by atoms with E-state index in [9.17, 15) is 18.0 Å². The van der Waals surface area contributed by atoms with Crippen LogP contribution < -0.4 is 5.32 Å². The number of amides is 2. The van der Waals surface area contributed by atoms with Crippen molar-refractivity contribution in [3.8, 4) is 0 Å². The van der Waals surface area contributed by atoms with E-state index in [2.05, 4.69) is 5.32 Å². The van der Waals surface area contributed by atoms with Gasteiger partial charge in [0.25, 0.3) is 10.1 Å². The van der Waals surface area contributed by atoms with Crippen LogP contribution in [0.5, 0.6) is 0 Å². The van der Waals surface area contributed by atoms with E-state index in [1.165, 1.54) is 4.90 Å². The monoisotopic (exact) mass is 378 g/mol. The number of alkyl carbamates (subject to hydrolysis) is 1. The summed E-state index contributed by atoms with van der Waals surface area (Å²) in [5.41, 5.74) is -0.669. The molecule has 0 bridgehead atoms. The summed E-state index contributed by atoms with van der Waals surface area (Å²) in [5.74, 6) is -0.781. The third-order valence-corrected chi connectivity index (χ3v) is 5.04. The highest BCUT2D eigenvalue weighted by Crippen LogP contribution is 2.32. The van der Waals surface area contributed by atoms with Crippen molar-refractivity contribution in [3.63, 3.8) is 0 Å². The summed E-state index contributed by atoms with van der Waals surface area (Å²) in [6.45, 7) is 5.21. The number of ether oxygens (including phenoxy) is 1. The Morgan fingerprint density at radius 2 is 1.84 bits per heavy atom. The van der Waals surface area contributed by atoms with Crippen LogP contribution in [-0.2, 0) is 19.6 Å². The van der Waals surface area contributed by atoms with Crippen LogP contribution in [0.15, 0.2) is 0 Å². The lowest BCUT2D eigenvalue weighted by Crippen LogP contribution is -2.48. The molecule has 1 rings (SSSR count). The average molecular weight is 378 g/mol. The first kappa shape index (κ1) is 21.7. The highest BCUT2D eigenvalue weighted by Gasteiger charge is 2.35. The fraction of sp³-hybridized carbons (Fsp3) is 0.875. The van der Waals surface area contributed by atoms with Gasteiger partial charge in [-0.2, -0.15) is 8.42 Å². The van der Waals surface area contributed by atoms with Crippen molar-refractivity contribution in [2.45, 2.75) is 58.1 Å². The van der Waals surface area contributed by atoms with Crippen molar-refractivity contribution in [2.75, 3.05) is 19.8 Å². The summed E-state index contributed by atoms with van der Waals surface area (Å²) in [5, 5.41) is 2.72. The molecule has 9 heteroatoms. The largest absolute Gasteiger partial charge is 0.444 e. The topological polar surface area (TPSA) is 113 Å². The van der Waals surface area contributed by atoms with Gasteiger partial charge in [-0.3, -0.25) is 9.35 Å². The number of hydrogen-bond donors (Lipinski definition) is 2. The average Bonchev–Trinajstić information content (AvgIpc) is 2.37. The third kappa shape index (κ3) is 8.53. The van der Waals surface area contributed by atoms with Crippen molar-refractivity contribution in [2.24, 2.45) is 11.8 Å². The first-order valence-corrected chi connectivity index (χ1v) is 10.0. The SMILES string of the molecule is CN(C)C(=O)CC1CCC(CS(=O)(=O)O)C(NC(=O)OC(C)(C)C)C1. The molecule has 3 unspecified atom stereocenters. The lowest BCUT2D eigenvalue weighted by Gasteiger charge is -2.36. The quantitative estimate of drug-likeness (QED) is 0.704. The third-order valence-electron chi connectivity index (χ3n) is 4.19. The Kier molecular flexibility index (Phi) is 7.25. The molecule has 0 aliphatic heterocycles. The normalized spacial score (nSPS) is 24.5. The van der Waals surface area contributed by atoms with Gasteiger partial charge in [0, 0.05) is 26.6 Å². The maximum absolute atomic E-state index is 12.1. The van der Waals surface area contributed by atoms with Crippen molar-refractivity contribution in [1.82, 2.24) is 10.2 Å². The van der Waals surface area contributed by atoms with Gasteiger partial charge in [0.2, 0.25) is 5.91 Å². The molecule has 1 saturated carbocycles. The van der Waals surface area contributed by atoms with Crippen LogP contribution in [0.2, 0.25) is 0 Å². The zero-order valence-corrected chi connectivity index (χ0v) is 16.4. The fourth-order valence-corrected chi connectivity index (χ4v) is 3.98. The minimum absolute atomic E-state index is 0.00533. The van der Waals surface area contributed by atoms with Crippen molar-refractivity contribution in [3.05, 3.63) is 0 Å². The molecule has 8 nitrogen and oxygen atoms in total. The van der Waals surface area contributed by atoms with E-state index in [-0.39, 0.29) is 11.8 Å². The van der Waals surface area contributed by atoms with Crippen LogP contribution in [0, 0.1) is 11.8 Å². The number of nitrogens with one attached hydrogen (secondary N) is 1. The van der Waals surface area contributed by atoms with Crippen molar-refractivity contribution >= 4 is 22.1 Å². The van der Waals surface area contributed by atoms with Crippen LogP contribution in [0.4, 0.5) is 4.79 Å². The molecule has 0 aromatic carbocycles. The lowest BCUT2D eigenvalue weighted by atomic mass is 9.77. The Hall–Kier alpha value is -1.35. The molecular formula is C16H30N2O6S. The second kappa shape index (κ2) is 8.35. The van der Waals surface area contributed by atoms with Gasteiger partial charge in [-0.25, -0.2) is 4.79 Å². The van der Waals surface area contributed by atoms with Crippen LogP contribution in [0.25, 0.3) is 0 Å². The number of carbonyl (C=O) groups is 2. The van der Waals surface area contributed by atoms with Gasteiger partial charge in [0.1, 0.15) is 5.60 Å². The molecule has 1 fully saturated rings. The zero-order valence-electron chi connectivity index (χ0n) is 15.6. The molecular weight excluding hydrogens is 348 g/mol. The van der Waals surface area contributed by atoms with E-state index in [1.54, 1.807) is 34.9 Å². The molecule has 0 heterocycles. The molecule has 0 aromatic rings. The molecule has 3 atom stereocenters. The second-order valence-corrected chi connectivity index (χ2v) is 9.43. The Morgan fingerprint density at radius 1 is 1.24 bits per heavy atom. The minimum Gasteiger partial charge on any atom is -0.444 e. The zero-order chi connectivity index (χ0) is 19.4. The molecule has 0 saturated heterocycles. The molecule has 0 spiro atoms. The first-order valence-electron chi connectivity index (χ1n) is 8.41. The fourth-order valence-electron chi connectivity index (χ4n) is 3.04. The summed E-state index contributed by atoms with van der Waals surface area (Å²) in [7, 11) is -0.782. The number of rotatable bonds is 5. The summed E-state index contributed by atoms with van der Waals surface area (Å²) in [6, 6.07) is -0.467. The summed E-state index contributed by atoms with van der Waals surface area (Å²) < 4.78 is 36.9. The second-order valence-electron chi connectivity index (χ2n) is 7.93. The lowest BCUT2D eigenvalue weighted by molar-refractivity contribution is -0.130. The number of carbonyl (C=O) groups excluding carboxylic acids is 2. The van der Waals surface area contributed by atoms with Gasteiger partial charge in [-0.15, -0.1) is 0 Å². The van der Waals surface area contributed by atoms with Gasteiger partial charge < -0.3 is 15.0 Å². The van der Waals surface area contributed by atoms with Crippen molar-refractivity contribution < 1.29 is 27.3 Å². The number of hydrogen-bond acceptors (Lipinski definition) is 5. The van der Waals surface area contributed by atoms with Crippen molar-refractivity contribution in [1.29, 1.82) is 0 Å². The van der Waals surface area contributed by atoms with Gasteiger partial charge >= 0.3 is 6.09 Å². The molecule has 2 amide bonds. The standard InChI is InChI=1S/C16H30N2O6S/c1-16(2,3)24-15(20)17-13-8-11(9-14(19)18(4)5)6-7-12(13)10-25(21,22)23/h11-13H,6-10H2,1-5H3,(H,17,20)(H,21,22,23). The van der Waals surface area contributed by atoms with E-state index < -0.39 is 39.5 Å². The van der Waals surface area contributed by atoms with Gasteiger partial charge in [-0.05, 0) is 51.9 Å². The summed E-state index contributed by atoms with van der Waals surface area (Å²) in [6.07, 6.45) is 1.37. The highest BCUT2D eigenvalue weighted by molar-refractivity contribution is 7.85. The van der Waals surface area contributed by atoms with Gasteiger partial charge in [0.15, 0.2) is 0 Å². The Labute approximate surface area is 150 Å².